The first-order valence-corrected chi connectivity index (χ1v) is 10.7. The van der Waals surface area contributed by atoms with Crippen molar-refractivity contribution >= 4 is 23.5 Å². The smallest absolute Gasteiger partial charge is 0.414 e. The molecule has 0 unspecified atom stereocenters. The van der Waals surface area contributed by atoms with Crippen LogP contribution in [0.2, 0.25) is 0 Å². The van der Waals surface area contributed by atoms with Gasteiger partial charge in [-0.25, -0.2) is 9.18 Å². The molecule has 34 heavy (non-hydrogen) atoms. The molecular weight excluding hydrogens is 437 g/mol. The lowest BCUT2D eigenvalue weighted by atomic mass is 10.0. The molecule has 174 valence electrons. The van der Waals surface area contributed by atoms with E-state index in [1.807, 2.05) is 18.2 Å². The molecule has 2 aromatic carbocycles. The van der Waals surface area contributed by atoms with Gasteiger partial charge in [0, 0.05) is 24.2 Å². The predicted octanol–water partition coefficient (Wildman–Crippen LogP) is 3.25. The van der Waals surface area contributed by atoms with Gasteiger partial charge in [0.1, 0.15) is 17.8 Å². The van der Waals surface area contributed by atoms with Crippen LogP contribution in [0.5, 0.6) is 0 Å². The van der Waals surface area contributed by atoms with Gasteiger partial charge in [0.15, 0.2) is 0 Å². The second-order valence-corrected chi connectivity index (χ2v) is 7.82. The molecule has 1 aliphatic heterocycles. The lowest BCUT2D eigenvalue weighted by molar-refractivity contribution is -0.119. The molecule has 1 atom stereocenters. The lowest BCUT2D eigenvalue weighted by Gasteiger charge is -2.14. The summed E-state index contributed by atoms with van der Waals surface area (Å²) in [5, 5.41) is 2.61. The zero-order valence-electron chi connectivity index (χ0n) is 18.6. The number of rotatable bonds is 7. The predicted molar refractivity (Wildman–Crippen MR) is 127 cm³/mol. The van der Waals surface area contributed by atoms with Crippen LogP contribution in [0.25, 0.3) is 11.1 Å². The Hall–Kier alpha value is -4.27. The number of ether oxygens (including phenoxy) is 1. The normalized spacial score (nSPS) is 15.8. The van der Waals surface area contributed by atoms with Gasteiger partial charge in [0.2, 0.25) is 5.91 Å². The fourth-order valence-electron chi connectivity index (χ4n) is 3.57. The van der Waals surface area contributed by atoms with Crippen LogP contribution in [0.1, 0.15) is 18.2 Å². The molecule has 1 aliphatic rings. The summed E-state index contributed by atoms with van der Waals surface area (Å²) in [5.74, 6) is -0.313. The number of aliphatic imine (C=N–C) groups is 1. The van der Waals surface area contributed by atoms with Crippen molar-refractivity contribution in [2.24, 2.45) is 10.7 Å². The fourth-order valence-corrected chi connectivity index (χ4v) is 3.57. The van der Waals surface area contributed by atoms with Gasteiger partial charge in [-0.1, -0.05) is 30.3 Å². The number of carbonyl (C=O) groups excluding carboxylic acids is 2. The van der Waals surface area contributed by atoms with Crippen molar-refractivity contribution in [1.82, 2.24) is 10.3 Å². The number of amidine groups is 1. The van der Waals surface area contributed by atoms with Gasteiger partial charge in [-0.15, -0.1) is 0 Å². The number of amides is 2. The number of nitrogens with zero attached hydrogens (tertiary/aromatic N) is 3. The third-order valence-corrected chi connectivity index (χ3v) is 5.35. The van der Waals surface area contributed by atoms with Crippen LogP contribution in [0.3, 0.4) is 0 Å². The summed E-state index contributed by atoms with van der Waals surface area (Å²) in [6.45, 7) is 2.19. The number of carbonyl (C=O) groups is 2. The van der Waals surface area contributed by atoms with Gasteiger partial charge >= 0.3 is 6.09 Å². The molecule has 9 heteroatoms. The summed E-state index contributed by atoms with van der Waals surface area (Å²) in [5.41, 5.74) is 9.07. The minimum Gasteiger partial charge on any atom is -0.442 e. The number of aromatic nitrogens is 1. The maximum absolute atomic E-state index is 14.9. The lowest BCUT2D eigenvalue weighted by Crippen LogP contribution is -2.33. The molecule has 4 rings (SSSR count). The van der Waals surface area contributed by atoms with E-state index in [1.165, 1.54) is 17.9 Å². The van der Waals surface area contributed by atoms with Gasteiger partial charge in [-0.05, 0) is 35.9 Å². The second-order valence-electron chi connectivity index (χ2n) is 7.82. The Morgan fingerprint density at radius 1 is 1.24 bits per heavy atom. The third-order valence-electron chi connectivity index (χ3n) is 5.35. The number of cyclic esters (lactones) is 1. The first-order valence-electron chi connectivity index (χ1n) is 10.7. The topological polar surface area (TPSA) is 110 Å². The average Bonchev–Trinajstić information content (AvgIpc) is 3.22. The van der Waals surface area contributed by atoms with E-state index in [4.69, 9.17) is 10.5 Å². The van der Waals surface area contributed by atoms with E-state index < -0.39 is 18.0 Å². The molecule has 0 bridgehead atoms. The highest BCUT2D eigenvalue weighted by atomic mass is 19.1. The molecule has 0 radical (unpaired) electrons. The quantitative estimate of drug-likeness (QED) is 0.415. The van der Waals surface area contributed by atoms with Crippen LogP contribution in [0.15, 0.2) is 71.9 Å². The van der Waals surface area contributed by atoms with Crippen molar-refractivity contribution in [1.29, 1.82) is 0 Å². The highest BCUT2D eigenvalue weighted by Gasteiger charge is 2.32. The molecule has 8 nitrogen and oxygen atoms in total. The van der Waals surface area contributed by atoms with E-state index in [0.29, 0.717) is 29.2 Å². The number of halogens is 1. The van der Waals surface area contributed by atoms with Gasteiger partial charge in [0.25, 0.3) is 0 Å². The minimum atomic E-state index is -0.577. The van der Waals surface area contributed by atoms with Crippen LogP contribution in [-0.2, 0) is 16.1 Å². The third kappa shape index (κ3) is 5.37. The van der Waals surface area contributed by atoms with E-state index in [0.717, 1.165) is 11.3 Å². The molecule has 0 spiro atoms. The summed E-state index contributed by atoms with van der Waals surface area (Å²) < 4.78 is 20.2. The molecule has 0 aliphatic carbocycles. The number of hydrogen-bond donors (Lipinski definition) is 2. The Bertz CT molecular complexity index is 1210. The summed E-state index contributed by atoms with van der Waals surface area (Å²) in [4.78, 5) is 33.2. The first-order chi connectivity index (χ1) is 16.4. The van der Waals surface area contributed by atoms with Gasteiger partial charge in [-0.2, -0.15) is 0 Å². The van der Waals surface area contributed by atoms with Crippen molar-refractivity contribution in [3.8, 4) is 11.1 Å². The number of pyridine rings is 1. The van der Waals surface area contributed by atoms with Crippen molar-refractivity contribution in [3.63, 3.8) is 0 Å². The Kier molecular flexibility index (Phi) is 6.82. The van der Waals surface area contributed by atoms with Gasteiger partial charge in [-0.3, -0.25) is 19.7 Å². The first kappa shape index (κ1) is 22.9. The Morgan fingerprint density at radius 3 is 2.71 bits per heavy atom. The number of anilines is 1. The maximum atomic E-state index is 14.9. The maximum Gasteiger partial charge on any atom is 0.414 e. The highest BCUT2D eigenvalue weighted by Crippen LogP contribution is 2.29. The standard InChI is InChI=1S/C25H24FN5O3/c1-16(32)29-14-21-15-31(25(33)34-21)20-9-10-22(23(26)12-20)17-5-7-18(8-6-17)24(27)30-13-19-4-2-3-11-28-19/h2-12,21H,13-15H2,1H3,(H2,27,30)(H,29,32)/t21-/m0/s1. The van der Waals surface area contributed by atoms with Gasteiger partial charge < -0.3 is 15.8 Å². The van der Waals surface area contributed by atoms with Crippen LogP contribution in [0, 0.1) is 5.82 Å². The molecule has 3 N–H and O–H groups in total. The molecule has 0 saturated carbocycles. The summed E-state index contributed by atoms with van der Waals surface area (Å²) in [7, 11) is 0. The molecule has 1 saturated heterocycles. The highest BCUT2D eigenvalue weighted by molar-refractivity contribution is 5.98. The van der Waals surface area contributed by atoms with Crippen molar-refractivity contribution < 1.29 is 18.7 Å². The molecular formula is C25H24FN5O3. The molecule has 2 amide bonds. The van der Waals surface area contributed by atoms with Crippen molar-refractivity contribution in [2.75, 3.05) is 18.0 Å². The largest absolute Gasteiger partial charge is 0.442 e. The SMILES string of the molecule is CC(=O)NC[C@H]1CN(c2ccc(-c3ccc(C(N)=NCc4ccccn4)cc3)c(F)c2)C(=O)O1. The Morgan fingerprint density at radius 2 is 2.03 bits per heavy atom. The minimum absolute atomic E-state index is 0.207. The second kappa shape index (κ2) is 10.1. The molecule has 1 fully saturated rings. The van der Waals surface area contributed by atoms with Crippen LogP contribution >= 0.6 is 0 Å². The number of nitrogens with one attached hydrogen (secondary N) is 1. The Labute approximate surface area is 196 Å². The summed E-state index contributed by atoms with van der Waals surface area (Å²) in [6.07, 6.45) is 0.635. The van der Waals surface area contributed by atoms with Crippen LogP contribution < -0.4 is 16.0 Å². The molecule has 1 aromatic heterocycles. The van der Waals surface area contributed by atoms with E-state index in [-0.39, 0.29) is 19.0 Å². The van der Waals surface area contributed by atoms with Crippen molar-refractivity contribution in [3.05, 3.63) is 83.9 Å². The van der Waals surface area contributed by atoms with E-state index in [2.05, 4.69) is 15.3 Å². The molecule has 3 aromatic rings. The van der Waals surface area contributed by atoms with Gasteiger partial charge in [0.05, 0.1) is 31.0 Å². The number of benzene rings is 2. The van der Waals surface area contributed by atoms with E-state index in [9.17, 15) is 14.0 Å². The Balaban J connectivity index is 1.45. The number of nitrogens with two attached hydrogens (primary N) is 1. The average molecular weight is 461 g/mol. The van der Waals surface area contributed by atoms with Crippen LogP contribution in [-0.4, -0.2) is 42.0 Å². The van der Waals surface area contributed by atoms with E-state index in [1.54, 1.807) is 42.6 Å². The van der Waals surface area contributed by atoms with Crippen LogP contribution in [0.4, 0.5) is 14.9 Å². The summed E-state index contributed by atoms with van der Waals surface area (Å²) >= 11 is 0. The fraction of sp³-hybridized carbons (Fsp3) is 0.200. The monoisotopic (exact) mass is 461 g/mol. The number of hydrogen-bond acceptors (Lipinski definition) is 5. The zero-order valence-corrected chi connectivity index (χ0v) is 18.6. The zero-order chi connectivity index (χ0) is 24.1. The van der Waals surface area contributed by atoms with Crippen molar-refractivity contribution in [2.45, 2.75) is 19.6 Å². The summed E-state index contributed by atoms with van der Waals surface area (Å²) in [6, 6.07) is 17.3. The van der Waals surface area contributed by atoms with E-state index >= 15 is 0 Å². The molecule has 2 heterocycles.